The van der Waals surface area contributed by atoms with Gasteiger partial charge in [0, 0.05) is 19.0 Å². The molecular weight excluding hydrogens is 284 g/mol. The van der Waals surface area contributed by atoms with Crippen molar-refractivity contribution in [3.63, 3.8) is 0 Å². The van der Waals surface area contributed by atoms with Crippen molar-refractivity contribution in [1.82, 2.24) is 10.2 Å². The monoisotopic (exact) mass is 310 g/mol. The van der Waals surface area contributed by atoms with E-state index in [1.165, 1.54) is 0 Å². The normalized spacial score (nSPS) is 24.5. The van der Waals surface area contributed by atoms with Gasteiger partial charge in [-0.3, -0.25) is 9.59 Å². The van der Waals surface area contributed by atoms with Crippen LogP contribution in [0.5, 0.6) is 0 Å². The first-order valence-electron chi connectivity index (χ1n) is 8.21. The molecule has 2 N–H and O–H groups in total. The van der Waals surface area contributed by atoms with E-state index in [1.807, 2.05) is 6.92 Å². The summed E-state index contributed by atoms with van der Waals surface area (Å²) in [5.74, 6) is -1.23. The Morgan fingerprint density at radius 1 is 1.23 bits per heavy atom. The van der Waals surface area contributed by atoms with E-state index in [0.29, 0.717) is 32.4 Å². The minimum absolute atomic E-state index is 0.159. The third kappa shape index (κ3) is 3.78. The van der Waals surface area contributed by atoms with E-state index in [-0.39, 0.29) is 23.7 Å². The number of carboxylic acid groups (broad SMARTS) is 1. The average Bonchev–Trinajstić information content (AvgIpc) is 3.31. The summed E-state index contributed by atoms with van der Waals surface area (Å²) in [6, 6.07) is 0. The van der Waals surface area contributed by atoms with E-state index in [1.54, 1.807) is 11.8 Å². The lowest BCUT2D eigenvalue weighted by atomic mass is 9.92. The molecule has 1 saturated heterocycles. The number of nitrogens with zero attached hydrogens (tertiary/aromatic N) is 1. The van der Waals surface area contributed by atoms with Crippen LogP contribution < -0.4 is 5.32 Å². The largest absolute Gasteiger partial charge is 0.480 e. The topological polar surface area (TPSA) is 86.7 Å². The van der Waals surface area contributed by atoms with Crippen LogP contribution in [0.2, 0.25) is 0 Å². The second-order valence-electron chi connectivity index (χ2n) is 6.77. The van der Waals surface area contributed by atoms with Gasteiger partial charge < -0.3 is 15.3 Å². The van der Waals surface area contributed by atoms with Crippen molar-refractivity contribution >= 4 is 17.8 Å². The molecule has 1 heterocycles. The molecule has 1 aliphatic heterocycles. The Labute approximate surface area is 131 Å². The zero-order chi connectivity index (χ0) is 16.3. The number of aliphatic carboxylic acids is 1. The molecule has 0 aromatic rings. The fraction of sp³-hybridized carbons (Fsp3) is 0.812. The number of carbonyl (C=O) groups is 3. The van der Waals surface area contributed by atoms with Gasteiger partial charge in [0.15, 0.2) is 0 Å². The zero-order valence-electron chi connectivity index (χ0n) is 13.4. The van der Waals surface area contributed by atoms with Crippen molar-refractivity contribution in [2.75, 3.05) is 13.1 Å². The average molecular weight is 310 g/mol. The van der Waals surface area contributed by atoms with Crippen LogP contribution in [0.15, 0.2) is 0 Å². The van der Waals surface area contributed by atoms with Gasteiger partial charge in [0.25, 0.3) is 0 Å². The van der Waals surface area contributed by atoms with E-state index < -0.39 is 11.5 Å². The number of amides is 2. The van der Waals surface area contributed by atoms with Crippen molar-refractivity contribution in [1.29, 1.82) is 0 Å². The summed E-state index contributed by atoms with van der Waals surface area (Å²) in [7, 11) is 0. The molecule has 6 heteroatoms. The van der Waals surface area contributed by atoms with E-state index in [4.69, 9.17) is 0 Å². The molecular formula is C16H26N2O4. The van der Waals surface area contributed by atoms with Gasteiger partial charge >= 0.3 is 5.97 Å². The summed E-state index contributed by atoms with van der Waals surface area (Å²) in [5, 5.41) is 12.0. The molecule has 2 atom stereocenters. The van der Waals surface area contributed by atoms with Gasteiger partial charge in [-0.1, -0.05) is 13.3 Å². The first-order valence-corrected chi connectivity index (χ1v) is 8.21. The zero-order valence-corrected chi connectivity index (χ0v) is 13.4. The molecule has 0 aromatic heterocycles. The van der Waals surface area contributed by atoms with Crippen molar-refractivity contribution < 1.29 is 19.5 Å². The minimum atomic E-state index is -1.23. The highest BCUT2D eigenvalue weighted by molar-refractivity contribution is 5.88. The molecule has 2 aliphatic rings. The molecule has 22 heavy (non-hydrogen) atoms. The fourth-order valence-corrected chi connectivity index (χ4v) is 3.08. The third-order valence-electron chi connectivity index (χ3n) is 4.65. The van der Waals surface area contributed by atoms with Crippen LogP contribution in [0.3, 0.4) is 0 Å². The summed E-state index contributed by atoms with van der Waals surface area (Å²) < 4.78 is 0. The third-order valence-corrected chi connectivity index (χ3v) is 4.65. The Morgan fingerprint density at radius 2 is 1.91 bits per heavy atom. The molecule has 2 amide bonds. The van der Waals surface area contributed by atoms with Gasteiger partial charge in [-0.25, -0.2) is 4.79 Å². The summed E-state index contributed by atoms with van der Waals surface area (Å²) in [4.78, 5) is 37.8. The summed E-state index contributed by atoms with van der Waals surface area (Å²) in [5.41, 5.74) is -1.23. The van der Waals surface area contributed by atoms with E-state index in [2.05, 4.69) is 5.32 Å². The number of carboxylic acids is 1. The summed E-state index contributed by atoms with van der Waals surface area (Å²) in [6.07, 6.45) is 4.50. The lowest BCUT2D eigenvalue weighted by Gasteiger charge is -2.34. The standard InChI is InChI=1S/C16H26N2O4/c1-3-8-16(2,15(21)22)17-13(19)12-5-4-9-18(10-12)14(20)11-6-7-11/h11-12H,3-10H2,1-2H3,(H,17,19)(H,21,22). The minimum Gasteiger partial charge on any atom is -0.480 e. The highest BCUT2D eigenvalue weighted by atomic mass is 16.4. The van der Waals surface area contributed by atoms with Crippen molar-refractivity contribution in [3.05, 3.63) is 0 Å². The first-order chi connectivity index (χ1) is 10.4. The molecule has 2 rings (SSSR count). The lowest BCUT2D eigenvalue weighted by Crippen LogP contribution is -2.56. The second-order valence-corrected chi connectivity index (χ2v) is 6.77. The van der Waals surface area contributed by atoms with Gasteiger partial charge in [-0.2, -0.15) is 0 Å². The van der Waals surface area contributed by atoms with Crippen LogP contribution in [0.25, 0.3) is 0 Å². The molecule has 6 nitrogen and oxygen atoms in total. The van der Waals surface area contributed by atoms with Crippen LogP contribution in [-0.2, 0) is 14.4 Å². The highest BCUT2D eigenvalue weighted by Gasteiger charge is 2.39. The quantitative estimate of drug-likeness (QED) is 0.776. The van der Waals surface area contributed by atoms with Crippen LogP contribution in [0, 0.1) is 11.8 Å². The summed E-state index contributed by atoms with van der Waals surface area (Å²) >= 11 is 0. The van der Waals surface area contributed by atoms with Crippen molar-refractivity contribution in [3.8, 4) is 0 Å². The number of hydrogen-bond donors (Lipinski definition) is 2. The van der Waals surface area contributed by atoms with Gasteiger partial charge in [0.1, 0.15) is 5.54 Å². The predicted molar refractivity (Wildman–Crippen MR) is 81.1 cm³/mol. The molecule has 0 radical (unpaired) electrons. The maximum absolute atomic E-state index is 12.4. The van der Waals surface area contributed by atoms with Crippen LogP contribution in [0.1, 0.15) is 52.4 Å². The maximum atomic E-state index is 12.4. The van der Waals surface area contributed by atoms with Crippen molar-refractivity contribution in [2.45, 2.75) is 57.9 Å². The smallest absolute Gasteiger partial charge is 0.329 e. The van der Waals surface area contributed by atoms with Crippen LogP contribution in [0.4, 0.5) is 0 Å². The van der Waals surface area contributed by atoms with Crippen molar-refractivity contribution in [2.24, 2.45) is 11.8 Å². The van der Waals surface area contributed by atoms with Gasteiger partial charge in [-0.05, 0) is 39.0 Å². The summed E-state index contributed by atoms with van der Waals surface area (Å²) in [6.45, 7) is 4.57. The number of rotatable bonds is 6. The number of likely N-dealkylation sites (tertiary alicyclic amines) is 1. The molecule has 2 fully saturated rings. The Morgan fingerprint density at radius 3 is 2.45 bits per heavy atom. The second kappa shape index (κ2) is 6.67. The molecule has 124 valence electrons. The number of carbonyl (C=O) groups excluding carboxylic acids is 2. The number of piperidine rings is 1. The molecule has 0 bridgehead atoms. The van der Waals surface area contributed by atoms with Gasteiger partial charge in [0.05, 0.1) is 5.92 Å². The molecule has 0 spiro atoms. The number of nitrogens with one attached hydrogen (secondary N) is 1. The maximum Gasteiger partial charge on any atom is 0.329 e. The van der Waals surface area contributed by atoms with Crippen LogP contribution >= 0.6 is 0 Å². The van der Waals surface area contributed by atoms with E-state index >= 15 is 0 Å². The highest BCUT2D eigenvalue weighted by Crippen LogP contribution is 2.32. The Balaban J connectivity index is 1.96. The first kappa shape index (κ1) is 16.8. The number of hydrogen-bond acceptors (Lipinski definition) is 3. The Bertz CT molecular complexity index is 461. The Kier molecular flexibility index (Phi) is 5.08. The molecule has 2 unspecified atom stereocenters. The lowest BCUT2D eigenvalue weighted by molar-refractivity contribution is -0.149. The Hall–Kier alpha value is -1.59. The molecule has 1 saturated carbocycles. The van der Waals surface area contributed by atoms with Gasteiger partial charge in [-0.15, -0.1) is 0 Å². The predicted octanol–water partition coefficient (Wildman–Crippen LogP) is 1.39. The van der Waals surface area contributed by atoms with Gasteiger partial charge in [0.2, 0.25) is 11.8 Å². The molecule has 1 aliphatic carbocycles. The van der Waals surface area contributed by atoms with E-state index in [9.17, 15) is 19.5 Å². The van der Waals surface area contributed by atoms with Crippen LogP contribution in [-0.4, -0.2) is 46.4 Å². The molecule has 0 aromatic carbocycles. The SMILES string of the molecule is CCCC(C)(NC(=O)C1CCCN(C(=O)C2CC2)C1)C(=O)O. The fourth-order valence-electron chi connectivity index (χ4n) is 3.08. The van der Waals surface area contributed by atoms with E-state index in [0.717, 1.165) is 19.3 Å².